The Morgan fingerprint density at radius 3 is 1.67 bits per heavy atom. The number of likely N-dealkylation sites (N-methyl/N-ethyl adjacent to an activating group) is 1. The van der Waals surface area contributed by atoms with Gasteiger partial charge in [-0.2, -0.15) is 0 Å². The summed E-state index contributed by atoms with van der Waals surface area (Å²) in [5.74, 6) is 38.3. The van der Waals surface area contributed by atoms with Crippen molar-refractivity contribution in [2.75, 3.05) is 39.8 Å². The van der Waals surface area contributed by atoms with Crippen molar-refractivity contribution in [3.05, 3.63) is 5.32 Å². The summed E-state index contributed by atoms with van der Waals surface area (Å²) < 4.78 is 1.27. The molecule has 1 saturated heterocycles. The first-order chi connectivity index (χ1) is 16.7. The van der Waals surface area contributed by atoms with E-state index >= 15 is 0 Å². The van der Waals surface area contributed by atoms with Gasteiger partial charge in [-0.3, -0.25) is 0 Å². The molecule has 6 heteroatoms. The third-order valence-electron chi connectivity index (χ3n) is 4.27. The fourth-order valence-corrected chi connectivity index (χ4v) is 2.52. The summed E-state index contributed by atoms with van der Waals surface area (Å²) in [7, 11) is 2.39. The average molecular weight is 648 g/mol. The van der Waals surface area contributed by atoms with Crippen molar-refractivity contribution in [3.63, 3.8) is 0 Å². The van der Waals surface area contributed by atoms with Crippen molar-refractivity contribution in [1.82, 2.24) is 5.32 Å². The number of hydrogen-bond donors (Lipinski definition) is 1. The summed E-state index contributed by atoms with van der Waals surface area (Å²) in [6.45, 7) is 8.36. The molecule has 0 aromatic carbocycles. The van der Waals surface area contributed by atoms with Gasteiger partial charge in [-0.1, -0.05) is 32.9 Å². The van der Waals surface area contributed by atoms with Crippen LogP contribution in [0.4, 0.5) is 0 Å². The van der Waals surface area contributed by atoms with Gasteiger partial charge in [-0.25, -0.2) is 6.04 Å². The number of hydrogen-bond acceptors (Lipinski definition) is 1. The Labute approximate surface area is 279 Å². The molecule has 1 aliphatic rings. The topological polar surface area (TPSA) is 43.2 Å². The quantitative estimate of drug-likeness (QED) is 0.156. The normalized spacial score (nSPS) is 10.2. The van der Waals surface area contributed by atoms with Crippen LogP contribution in [0.1, 0.15) is 56.9 Å². The van der Waals surface area contributed by atoms with Crippen molar-refractivity contribution < 1.29 is 83.2 Å². The first-order valence-corrected chi connectivity index (χ1v) is 10.7. The smallest absolute Gasteiger partial charge is 0.0783 e. The van der Waals surface area contributed by atoms with E-state index in [4.69, 9.17) is 6.42 Å². The number of amides is 1. The van der Waals surface area contributed by atoms with Crippen molar-refractivity contribution in [1.29, 1.82) is 0 Å². The summed E-state index contributed by atoms with van der Waals surface area (Å²) in [4.78, 5) is 9.69. The Bertz CT molecular complexity index is 1240. The van der Waals surface area contributed by atoms with E-state index in [1.807, 2.05) is 5.32 Å². The molecule has 1 heterocycles. The van der Waals surface area contributed by atoms with Crippen molar-refractivity contribution >= 4 is 6.41 Å². The van der Waals surface area contributed by atoms with Crippen LogP contribution < -0.4 is 22.3 Å². The van der Waals surface area contributed by atoms with Crippen molar-refractivity contribution in [2.24, 2.45) is 0 Å². The van der Waals surface area contributed by atoms with Crippen LogP contribution in [0.5, 0.6) is 0 Å². The van der Waals surface area contributed by atoms with E-state index < -0.39 is 0 Å². The maximum atomic E-state index is 9.69. The number of carbonyl (C=O) groups excluding carboxylic acids is 1. The fraction of sp³-hybridized carbons (Fsp3) is 0.367. The molecule has 1 aliphatic heterocycles. The van der Waals surface area contributed by atoms with Gasteiger partial charge in [0.05, 0.1) is 33.1 Å². The number of rotatable bonds is 6. The summed E-state index contributed by atoms with van der Waals surface area (Å²) in [6.07, 6.45) is 11.8. The second-order valence-electron chi connectivity index (χ2n) is 6.89. The molecule has 1 amide bonds. The summed E-state index contributed by atoms with van der Waals surface area (Å²) in [5, 5.41) is 6.40. The monoisotopic (exact) mass is 646 g/mol. The van der Waals surface area contributed by atoms with Gasteiger partial charge in [0.1, 0.15) is 0 Å². The Morgan fingerprint density at radius 2 is 1.25 bits per heavy atom. The van der Waals surface area contributed by atoms with E-state index in [1.165, 1.54) is 56.2 Å². The molecule has 0 spiro atoms. The van der Waals surface area contributed by atoms with Gasteiger partial charge in [0, 0.05) is 57.0 Å². The molecule has 0 atom stereocenters. The number of nitrogens with zero attached hydrogens (tertiary/aromatic N) is 2. The number of quaternary nitrogens is 1. The van der Waals surface area contributed by atoms with E-state index in [9.17, 15) is 4.79 Å². The molecule has 0 aromatic rings. The van der Waals surface area contributed by atoms with E-state index in [2.05, 4.69) is 120 Å². The molecule has 1 radical (unpaired) electrons. The predicted molar refractivity (Wildman–Crippen MR) is 174 cm³/mol. The molecular weight excluding hydrogens is 587 g/mol. The predicted octanol–water partition coefficient (Wildman–Crippen LogP) is 2.85. The Kier molecular flexibility index (Phi) is 31.3. The standard InChI is InChI=1S/C19H2NO.C11H24N2.BrH.Y.17H2/c1-2-3-4-5-6-7-8-9-10-11-12-13-14-15-16-17-18-20-19-21;1-3-4-5-6-9-13(2)10-7-12-8-11-13;;;;;;;;;;;;;;;;;;;/h1H,(H,20,21);3-11H2,1-2H3;1H;;17*1H/q-1;;;;;;;;;;;;;;;;;;;;/p-1. The zero-order valence-electron chi connectivity index (χ0n) is 20.7. The van der Waals surface area contributed by atoms with Crippen LogP contribution in [-0.2, 0) is 37.5 Å². The van der Waals surface area contributed by atoms with Crippen molar-refractivity contribution in [3.8, 4) is 107 Å². The van der Waals surface area contributed by atoms with Gasteiger partial charge in [0.25, 0.3) is 0 Å². The van der Waals surface area contributed by atoms with E-state index in [0.29, 0.717) is 0 Å². The van der Waals surface area contributed by atoms with Crippen LogP contribution in [0.3, 0.4) is 0 Å². The maximum absolute atomic E-state index is 9.69. The van der Waals surface area contributed by atoms with E-state index in [-0.39, 0.29) is 73.9 Å². The van der Waals surface area contributed by atoms with Gasteiger partial charge >= 0.3 is 0 Å². The van der Waals surface area contributed by atoms with Crippen LogP contribution in [0, 0.1) is 107 Å². The molecule has 4 nitrogen and oxygen atoms in total. The minimum atomic E-state index is 0. The molecule has 0 bridgehead atoms. The van der Waals surface area contributed by atoms with Gasteiger partial charge < -0.3 is 36.9 Å². The van der Waals surface area contributed by atoms with Crippen molar-refractivity contribution in [2.45, 2.75) is 32.6 Å². The van der Waals surface area contributed by atoms with Crippen LogP contribution in [0.15, 0.2) is 0 Å². The number of nitrogens with one attached hydrogen (secondary N) is 1. The number of halogens is 1. The van der Waals surface area contributed by atoms with E-state index in [1.54, 1.807) is 0 Å². The number of piperazine rings is 1. The van der Waals surface area contributed by atoms with Gasteiger partial charge in [-0.05, 0) is 102 Å². The molecule has 0 aliphatic carbocycles. The third-order valence-corrected chi connectivity index (χ3v) is 4.27. The molecule has 1 fully saturated rings. The van der Waals surface area contributed by atoms with Crippen LogP contribution in [0.25, 0.3) is 5.32 Å². The molecule has 1 rings (SSSR count). The molecule has 0 saturated carbocycles. The third kappa shape index (κ3) is 27.3. The van der Waals surface area contributed by atoms with Crippen LogP contribution in [-0.4, -0.2) is 50.7 Å². The molecular formula is C30H60BrN3OY-2. The Hall–Kier alpha value is -2.99. The minimum absolute atomic E-state index is 0. The zero-order valence-corrected chi connectivity index (χ0v) is 25.1. The molecule has 0 unspecified atom stereocenters. The van der Waals surface area contributed by atoms with E-state index in [0.717, 1.165) is 13.1 Å². The first-order valence-electron chi connectivity index (χ1n) is 10.7. The summed E-state index contributed by atoms with van der Waals surface area (Å²) >= 11 is 0. The zero-order chi connectivity index (χ0) is 25.0. The van der Waals surface area contributed by atoms with Gasteiger partial charge in [-0.15, -0.1) is 12.3 Å². The minimum Gasteiger partial charge on any atom is -1.00 e. The fourth-order valence-electron chi connectivity index (χ4n) is 2.52. The Balaban J connectivity index is -0.0000000174. The average Bonchev–Trinajstić information content (AvgIpc) is 2.85. The maximum Gasteiger partial charge on any atom is 0.0783 e. The summed E-state index contributed by atoms with van der Waals surface area (Å²) in [6, 6.07) is 2.21. The molecule has 1 N–H and O–H groups in total. The number of unbranched alkanes of at least 4 members (excludes halogenated alkanes) is 3. The van der Waals surface area contributed by atoms with Gasteiger partial charge in [0.15, 0.2) is 0 Å². The molecule has 36 heavy (non-hydrogen) atoms. The van der Waals surface area contributed by atoms with Gasteiger partial charge in [0.2, 0.25) is 0 Å². The largest absolute Gasteiger partial charge is 1.00 e. The second kappa shape index (κ2) is 30.0. The first kappa shape index (κ1) is 37.6. The SMILES string of the molecule is C#CC#CC#CC#CC#CC#CC#CC#CC#CN[C-]=O.CCCCCC[N+]1(C)CC[N-]CC1.[Br-].[HH].[HH].[HH].[HH].[HH].[HH].[HH].[HH].[HH].[HH].[HH].[HH].[HH].[HH].[HH].[HH].[HH].[Y]. The summed E-state index contributed by atoms with van der Waals surface area (Å²) in [5.41, 5.74) is 0. The van der Waals surface area contributed by atoms with Crippen LogP contribution in [0.2, 0.25) is 0 Å². The Morgan fingerprint density at radius 1 is 0.806 bits per heavy atom. The molecule has 0 aromatic heterocycles. The van der Waals surface area contributed by atoms with Crippen LogP contribution >= 0.6 is 0 Å². The number of terminal acetylenes is 1. The molecule has 213 valence electrons. The second-order valence-corrected chi connectivity index (χ2v) is 6.89.